The highest BCUT2D eigenvalue weighted by Gasteiger charge is 2.39. The Morgan fingerprint density at radius 1 is 1.05 bits per heavy atom. The van der Waals surface area contributed by atoms with Gasteiger partial charge in [-0.2, -0.15) is 0 Å². The van der Waals surface area contributed by atoms with Crippen LogP contribution in [0.2, 0.25) is 5.02 Å². The third kappa shape index (κ3) is 1.87. The Balaban J connectivity index is 2.09. The van der Waals surface area contributed by atoms with Crippen LogP contribution in [0.15, 0.2) is 48.5 Å². The lowest BCUT2D eigenvalue weighted by Crippen LogP contribution is -2.47. The SMILES string of the molecule is CC1(c2ccccc2)Nc2cccc(Cl)c2NC1=O. The van der Waals surface area contributed by atoms with Gasteiger partial charge in [-0.3, -0.25) is 4.79 Å². The molecular weight excluding hydrogens is 260 g/mol. The van der Waals surface area contributed by atoms with E-state index in [1.54, 1.807) is 6.07 Å². The van der Waals surface area contributed by atoms with Gasteiger partial charge in [0.2, 0.25) is 0 Å². The van der Waals surface area contributed by atoms with Crippen LogP contribution in [0.5, 0.6) is 0 Å². The van der Waals surface area contributed by atoms with Crippen molar-refractivity contribution in [1.29, 1.82) is 0 Å². The second-order valence-electron chi connectivity index (χ2n) is 4.73. The molecule has 1 unspecified atom stereocenters. The molecule has 3 rings (SSSR count). The molecule has 2 aromatic carbocycles. The number of rotatable bonds is 1. The van der Waals surface area contributed by atoms with Crippen molar-refractivity contribution in [2.45, 2.75) is 12.5 Å². The number of carbonyl (C=O) groups excluding carboxylic acids is 1. The first-order chi connectivity index (χ1) is 9.11. The van der Waals surface area contributed by atoms with Crippen LogP contribution >= 0.6 is 11.6 Å². The monoisotopic (exact) mass is 272 g/mol. The van der Waals surface area contributed by atoms with Gasteiger partial charge in [0.25, 0.3) is 5.91 Å². The number of halogens is 1. The minimum absolute atomic E-state index is 0.112. The zero-order valence-corrected chi connectivity index (χ0v) is 11.2. The summed E-state index contributed by atoms with van der Waals surface area (Å²) in [4.78, 5) is 12.4. The van der Waals surface area contributed by atoms with Crippen molar-refractivity contribution in [3.63, 3.8) is 0 Å². The second kappa shape index (κ2) is 4.28. The van der Waals surface area contributed by atoms with Crippen LogP contribution in [-0.2, 0) is 10.3 Å². The topological polar surface area (TPSA) is 41.1 Å². The average Bonchev–Trinajstić information content (AvgIpc) is 2.42. The minimum Gasteiger partial charge on any atom is -0.366 e. The number of anilines is 2. The Kier molecular flexibility index (Phi) is 2.72. The number of hydrogen-bond acceptors (Lipinski definition) is 2. The lowest BCUT2D eigenvalue weighted by molar-refractivity contribution is -0.120. The summed E-state index contributed by atoms with van der Waals surface area (Å²) in [5.74, 6) is -0.112. The van der Waals surface area contributed by atoms with Crippen LogP contribution in [0, 0.1) is 0 Å². The zero-order chi connectivity index (χ0) is 13.5. The molecule has 1 atom stereocenters. The quantitative estimate of drug-likeness (QED) is 0.832. The van der Waals surface area contributed by atoms with E-state index < -0.39 is 5.54 Å². The van der Waals surface area contributed by atoms with E-state index in [-0.39, 0.29) is 5.91 Å². The summed E-state index contributed by atoms with van der Waals surface area (Å²) in [6.07, 6.45) is 0. The molecule has 0 saturated heterocycles. The first kappa shape index (κ1) is 12.1. The Labute approximate surface area is 116 Å². The summed E-state index contributed by atoms with van der Waals surface area (Å²) in [6, 6.07) is 15.2. The first-order valence-corrected chi connectivity index (χ1v) is 6.43. The van der Waals surface area contributed by atoms with E-state index in [4.69, 9.17) is 11.6 Å². The number of carbonyl (C=O) groups is 1. The van der Waals surface area contributed by atoms with Crippen molar-refractivity contribution in [3.05, 3.63) is 59.1 Å². The Morgan fingerprint density at radius 3 is 2.53 bits per heavy atom. The third-order valence-corrected chi connectivity index (χ3v) is 3.76. The minimum atomic E-state index is -0.793. The molecule has 19 heavy (non-hydrogen) atoms. The summed E-state index contributed by atoms with van der Waals surface area (Å²) in [7, 11) is 0. The van der Waals surface area contributed by atoms with Crippen LogP contribution < -0.4 is 10.6 Å². The number of fused-ring (bicyclic) bond motifs is 1. The second-order valence-corrected chi connectivity index (χ2v) is 5.14. The standard InChI is InChI=1S/C15H13ClN2O/c1-15(10-6-3-2-4-7-10)14(19)17-13-11(16)8-5-9-12(13)18-15/h2-9,18H,1H3,(H,17,19). The van der Waals surface area contributed by atoms with Crippen molar-refractivity contribution in [2.24, 2.45) is 0 Å². The molecule has 0 radical (unpaired) electrons. The molecule has 0 spiro atoms. The van der Waals surface area contributed by atoms with Crippen molar-refractivity contribution < 1.29 is 4.79 Å². The van der Waals surface area contributed by atoms with Crippen LogP contribution in [0.4, 0.5) is 11.4 Å². The fraction of sp³-hybridized carbons (Fsp3) is 0.133. The summed E-state index contributed by atoms with van der Waals surface area (Å²) >= 11 is 6.09. The molecule has 2 N–H and O–H groups in total. The molecule has 2 aromatic rings. The third-order valence-electron chi connectivity index (χ3n) is 3.44. The highest BCUT2D eigenvalue weighted by molar-refractivity contribution is 6.35. The van der Waals surface area contributed by atoms with E-state index in [1.807, 2.05) is 49.4 Å². The molecule has 0 bridgehead atoms. The maximum Gasteiger partial charge on any atom is 0.254 e. The predicted octanol–water partition coefficient (Wildman–Crippen LogP) is 3.62. The molecule has 0 saturated carbocycles. The van der Waals surface area contributed by atoms with E-state index in [0.29, 0.717) is 10.7 Å². The van der Waals surface area contributed by atoms with Gasteiger partial charge in [-0.25, -0.2) is 0 Å². The molecule has 0 aromatic heterocycles. The molecular formula is C15H13ClN2O. The lowest BCUT2D eigenvalue weighted by Gasteiger charge is -2.36. The van der Waals surface area contributed by atoms with Crippen molar-refractivity contribution in [1.82, 2.24) is 0 Å². The summed E-state index contributed by atoms with van der Waals surface area (Å²) < 4.78 is 0. The van der Waals surface area contributed by atoms with Gasteiger partial charge in [-0.15, -0.1) is 0 Å². The molecule has 1 amide bonds. The Bertz CT molecular complexity index is 642. The summed E-state index contributed by atoms with van der Waals surface area (Å²) in [5, 5.41) is 6.70. The van der Waals surface area contributed by atoms with Gasteiger partial charge >= 0.3 is 0 Å². The maximum absolute atomic E-state index is 12.4. The molecule has 1 aliphatic rings. The van der Waals surface area contributed by atoms with E-state index in [9.17, 15) is 4.79 Å². The number of hydrogen-bond donors (Lipinski definition) is 2. The Morgan fingerprint density at radius 2 is 1.79 bits per heavy atom. The van der Waals surface area contributed by atoms with Crippen LogP contribution in [0.25, 0.3) is 0 Å². The fourth-order valence-electron chi connectivity index (χ4n) is 2.29. The van der Waals surface area contributed by atoms with Gasteiger partial charge in [0, 0.05) is 0 Å². The van der Waals surface area contributed by atoms with Gasteiger partial charge < -0.3 is 10.6 Å². The van der Waals surface area contributed by atoms with Gasteiger partial charge in [-0.1, -0.05) is 48.0 Å². The van der Waals surface area contributed by atoms with Crippen LogP contribution in [-0.4, -0.2) is 5.91 Å². The highest BCUT2D eigenvalue weighted by Crippen LogP contribution is 2.39. The van der Waals surface area contributed by atoms with Gasteiger partial charge in [0.15, 0.2) is 0 Å². The zero-order valence-electron chi connectivity index (χ0n) is 10.4. The highest BCUT2D eigenvalue weighted by atomic mass is 35.5. The van der Waals surface area contributed by atoms with Gasteiger partial charge in [0.05, 0.1) is 16.4 Å². The molecule has 96 valence electrons. The number of nitrogens with one attached hydrogen (secondary N) is 2. The van der Waals surface area contributed by atoms with Crippen molar-refractivity contribution >= 4 is 28.9 Å². The average molecular weight is 273 g/mol. The summed E-state index contributed by atoms with van der Waals surface area (Å²) in [5.41, 5.74) is 1.60. The van der Waals surface area contributed by atoms with Crippen LogP contribution in [0.1, 0.15) is 12.5 Å². The van der Waals surface area contributed by atoms with E-state index in [0.717, 1.165) is 11.3 Å². The van der Waals surface area contributed by atoms with Gasteiger partial charge in [-0.05, 0) is 24.6 Å². The van der Waals surface area contributed by atoms with Crippen molar-refractivity contribution in [2.75, 3.05) is 10.6 Å². The lowest BCUT2D eigenvalue weighted by atomic mass is 9.88. The number of benzene rings is 2. The maximum atomic E-state index is 12.4. The largest absolute Gasteiger partial charge is 0.366 e. The van der Waals surface area contributed by atoms with Crippen LogP contribution in [0.3, 0.4) is 0 Å². The predicted molar refractivity (Wildman–Crippen MR) is 77.5 cm³/mol. The molecule has 1 heterocycles. The molecule has 3 nitrogen and oxygen atoms in total. The molecule has 0 aliphatic carbocycles. The van der Waals surface area contributed by atoms with Gasteiger partial charge in [0.1, 0.15) is 5.54 Å². The van der Waals surface area contributed by atoms with E-state index in [1.165, 1.54) is 0 Å². The van der Waals surface area contributed by atoms with E-state index >= 15 is 0 Å². The number of amides is 1. The Hall–Kier alpha value is -2.00. The van der Waals surface area contributed by atoms with E-state index in [2.05, 4.69) is 10.6 Å². The van der Waals surface area contributed by atoms with Crippen molar-refractivity contribution in [3.8, 4) is 0 Å². The smallest absolute Gasteiger partial charge is 0.254 e. The normalized spacial score (nSPS) is 21.3. The fourth-order valence-corrected chi connectivity index (χ4v) is 2.52. The molecule has 1 aliphatic heterocycles. The number of para-hydroxylation sites is 1. The first-order valence-electron chi connectivity index (χ1n) is 6.05. The summed E-state index contributed by atoms with van der Waals surface area (Å²) in [6.45, 7) is 1.86. The molecule has 4 heteroatoms. The molecule has 0 fully saturated rings.